The summed E-state index contributed by atoms with van der Waals surface area (Å²) in [6.07, 6.45) is 4.50. The monoisotopic (exact) mass is 479 g/mol. The molecule has 0 bridgehead atoms. The Morgan fingerprint density at radius 1 is 1.41 bits per heavy atom. The first-order valence-corrected chi connectivity index (χ1v) is 9.65. The highest BCUT2D eigenvalue weighted by Gasteiger charge is 2.17. The van der Waals surface area contributed by atoms with Crippen LogP contribution in [0.4, 0.5) is 5.69 Å². The van der Waals surface area contributed by atoms with Gasteiger partial charge >= 0.3 is 5.69 Å². The second-order valence-corrected chi connectivity index (χ2v) is 7.11. The third kappa shape index (κ3) is 4.93. The lowest BCUT2D eigenvalue weighted by Crippen LogP contribution is -2.07. The molecule has 0 unspecified atom stereocenters. The lowest BCUT2D eigenvalue weighted by atomic mass is 10.2. The van der Waals surface area contributed by atoms with Gasteiger partial charge in [-0.15, -0.1) is 0 Å². The number of benzene rings is 1. The maximum absolute atomic E-state index is 12.4. The number of furan rings is 1. The van der Waals surface area contributed by atoms with E-state index in [1.807, 2.05) is 6.92 Å². The van der Waals surface area contributed by atoms with E-state index in [1.54, 1.807) is 23.0 Å². The number of allylic oxidation sites excluding steroid dienone is 1. The van der Waals surface area contributed by atoms with Gasteiger partial charge in [0.15, 0.2) is 5.75 Å². The summed E-state index contributed by atoms with van der Waals surface area (Å²) < 4.78 is 13.3. The Bertz CT molecular complexity index is 1090. The van der Waals surface area contributed by atoms with Gasteiger partial charge in [0.25, 0.3) is 0 Å². The molecule has 3 rings (SSSR count). The minimum atomic E-state index is -0.567. The Labute approximate surface area is 179 Å². The van der Waals surface area contributed by atoms with Crippen LogP contribution in [0, 0.1) is 10.1 Å². The number of hydrogen-bond acceptors (Lipinski definition) is 6. The van der Waals surface area contributed by atoms with Crippen molar-refractivity contribution in [2.24, 2.45) is 0 Å². The molecular weight excluding hydrogens is 466 g/mol. The number of carbonyl (C=O) groups excluding carboxylic acids is 1. The van der Waals surface area contributed by atoms with Crippen LogP contribution in [0.15, 0.2) is 51.5 Å². The standard InChI is InChI=1S/C19H15BrClN3O5/c1-2-23-19(15(20)10-22-23)17(25)7-6-13-4-5-14(29-13)11-28-18-8-3-12(21)9-16(18)24(26)27/h3-10H,2,11H2,1H3/b7-6+. The summed E-state index contributed by atoms with van der Waals surface area (Å²) in [7, 11) is 0. The fraction of sp³-hybridized carbons (Fsp3) is 0.158. The summed E-state index contributed by atoms with van der Waals surface area (Å²) in [6, 6.07) is 7.49. The molecule has 0 saturated carbocycles. The van der Waals surface area contributed by atoms with E-state index in [0.29, 0.717) is 28.2 Å². The van der Waals surface area contributed by atoms with Crippen molar-refractivity contribution < 1.29 is 18.9 Å². The molecule has 10 heteroatoms. The van der Waals surface area contributed by atoms with Crippen LogP contribution in [0.25, 0.3) is 6.08 Å². The molecular formula is C19H15BrClN3O5. The Morgan fingerprint density at radius 3 is 2.93 bits per heavy atom. The fourth-order valence-corrected chi connectivity index (χ4v) is 3.21. The zero-order valence-electron chi connectivity index (χ0n) is 15.2. The first-order chi connectivity index (χ1) is 13.9. The van der Waals surface area contributed by atoms with Crippen molar-refractivity contribution >= 4 is 45.1 Å². The summed E-state index contributed by atoms with van der Waals surface area (Å²) in [5, 5.41) is 15.5. The number of nitrogens with zero attached hydrogens (tertiary/aromatic N) is 3. The van der Waals surface area contributed by atoms with Crippen LogP contribution < -0.4 is 4.74 Å². The maximum Gasteiger partial charge on any atom is 0.312 e. The van der Waals surface area contributed by atoms with E-state index in [1.165, 1.54) is 30.4 Å². The smallest absolute Gasteiger partial charge is 0.312 e. The van der Waals surface area contributed by atoms with Crippen molar-refractivity contribution in [3.63, 3.8) is 0 Å². The van der Waals surface area contributed by atoms with Gasteiger partial charge in [0, 0.05) is 17.6 Å². The van der Waals surface area contributed by atoms with Crippen LogP contribution in [0.1, 0.15) is 28.9 Å². The van der Waals surface area contributed by atoms with Gasteiger partial charge in [-0.2, -0.15) is 5.10 Å². The lowest BCUT2D eigenvalue weighted by Gasteiger charge is -2.05. The quantitative estimate of drug-likeness (QED) is 0.188. The van der Waals surface area contributed by atoms with E-state index in [2.05, 4.69) is 21.0 Å². The highest BCUT2D eigenvalue weighted by molar-refractivity contribution is 9.10. The van der Waals surface area contributed by atoms with Gasteiger partial charge in [-0.3, -0.25) is 19.6 Å². The number of rotatable bonds is 8. The molecule has 0 aliphatic carbocycles. The highest BCUT2D eigenvalue weighted by Crippen LogP contribution is 2.30. The van der Waals surface area contributed by atoms with Gasteiger partial charge in [-0.05, 0) is 59.3 Å². The molecule has 0 amide bonds. The number of halogens is 2. The molecule has 29 heavy (non-hydrogen) atoms. The van der Waals surface area contributed by atoms with Gasteiger partial charge < -0.3 is 9.15 Å². The minimum absolute atomic E-state index is 0.0155. The second kappa shape index (κ2) is 9.06. The Balaban J connectivity index is 1.67. The normalized spacial score (nSPS) is 11.1. The third-order valence-electron chi connectivity index (χ3n) is 3.90. The summed E-state index contributed by atoms with van der Waals surface area (Å²) in [4.78, 5) is 22.9. The summed E-state index contributed by atoms with van der Waals surface area (Å²) in [5.74, 6) is 0.755. The third-order valence-corrected chi connectivity index (χ3v) is 4.71. The Morgan fingerprint density at radius 2 is 2.21 bits per heavy atom. The highest BCUT2D eigenvalue weighted by atomic mass is 79.9. The van der Waals surface area contributed by atoms with E-state index in [4.69, 9.17) is 20.8 Å². The topological polar surface area (TPSA) is 100 Å². The van der Waals surface area contributed by atoms with Crippen LogP contribution in [-0.2, 0) is 13.2 Å². The van der Waals surface area contributed by atoms with Crippen molar-refractivity contribution in [3.8, 4) is 5.75 Å². The Kier molecular flexibility index (Phi) is 6.50. The molecule has 0 radical (unpaired) electrons. The van der Waals surface area contributed by atoms with Crippen molar-refractivity contribution in [3.05, 3.63) is 79.4 Å². The van der Waals surface area contributed by atoms with Gasteiger partial charge in [0.2, 0.25) is 5.78 Å². The van der Waals surface area contributed by atoms with Gasteiger partial charge in [-0.25, -0.2) is 0 Å². The second-order valence-electron chi connectivity index (χ2n) is 5.82. The number of aryl methyl sites for hydroxylation is 1. The number of ketones is 1. The summed E-state index contributed by atoms with van der Waals surface area (Å²) >= 11 is 9.10. The fourth-order valence-electron chi connectivity index (χ4n) is 2.55. The number of nitro benzene ring substituents is 1. The molecule has 0 spiro atoms. The molecule has 150 valence electrons. The molecule has 0 aliphatic heterocycles. The molecule has 0 N–H and O–H groups in total. The van der Waals surface area contributed by atoms with Crippen LogP contribution in [0.3, 0.4) is 0 Å². The predicted octanol–water partition coefficient (Wildman–Crippen LogP) is 5.30. The first-order valence-electron chi connectivity index (χ1n) is 8.48. The van der Waals surface area contributed by atoms with Crippen LogP contribution in [0.2, 0.25) is 5.02 Å². The van der Waals surface area contributed by atoms with Crippen LogP contribution >= 0.6 is 27.5 Å². The molecule has 1 aromatic carbocycles. The summed E-state index contributed by atoms with van der Waals surface area (Å²) in [6.45, 7) is 2.45. The SMILES string of the molecule is CCn1ncc(Br)c1C(=O)/C=C/c1ccc(COc2ccc(Cl)cc2[N+](=O)[O-])o1. The lowest BCUT2D eigenvalue weighted by molar-refractivity contribution is -0.385. The van der Waals surface area contributed by atoms with Crippen LogP contribution in [0.5, 0.6) is 5.75 Å². The zero-order valence-corrected chi connectivity index (χ0v) is 17.5. The minimum Gasteiger partial charge on any atom is -0.479 e. The number of nitro groups is 1. The van der Waals surface area contributed by atoms with E-state index in [-0.39, 0.29) is 28.8 Å². The van der Waals surface area contributed by atoms with Crippen molar-refractivity contribution in [2.75, 3.05) is 0 Å². The average molecular weight is 481 g/mol. The number of ether oxygens (including phenoxy) is 1. The first kappa shape index (κ1) is 20.8. The molecule has 8 nitrogen and oxygen atoms in total. The average Bonchev–Trinajstić information content (AvgIpc) is 3.31. The molecule has 3 aromatic rings. The molecule has 2 heterocycles. The van der Waals surface area contributed by atoms with Crippen molar-refractivity contribution in [1.82, 2.24) is 9.78 Å². The van der Waals surface area contributed by atoms with Gasteiger partial charge in [-0.1, -0.05) is 11.6 Å². The Hall–Kier alpha value is -2.91. The molecule has 2 aromatic heterocycles. The van der Waals surface area contributed by atoms with E-state index >= 15 is 0 Å². The number of hydrogen-bond donors (Lipinski definition) is 0. The zero-order chi connectivity index (χ0) is 21.0. The van der Waals surface area contributed by atoms with E-state index in [0.717, 1.165) is 0 Å². The largest absolute Gasteiger partial charge is 0.479 e. The number of aromatic nitrogens is 2. The van der Waals surface area contributed by atoms with E-state index < -0.39 is 4.92 Å². The summed E-state index contributed by atoms with van der Waals surface area (Å²) in [5.41, 5.74) is 0.224. The number of carbonyl (C=O) groups is 1. The van der Waals surface area contributed by atoms with Gasteiger partial charge in [0.1, 0.15) is 23.8 Å². The van der Waals surface area contributed by atoms with Crippen molar-refractivity contribution in [1.29, 1.82) is 0 Å². The van der Waals surface area contributed by atoms with Crippen LogP contribution in [-0.4, -0.2) is 20.5 Å². The molecule has 0 atom stereocenters. The predicted molar refractivity (Wildman–Crippen MR) is 110 cm³/mol. The van der Waals surface area contributed by atoms with E-state index in [9.17, 15) is 14.9 Å². The molecule has 0 aliphatic rings. The molecule has 0 fully saturated rings. The van der Waals surface area contributed by atoms with Crippen molar-refractivity contribution in [2.45, 2.75) is 20.1 Å². The van der Waals surface area contributed by atoms with Gasteiger partial charge in [0.05, 0.1) is 15.6 Å². The maximum atomic E-state index is 12.4. The molecule has 0 saturated heterocycles.